The van der Waals surface area contributed by atoms with Crippen LogP contribution in [0.3, 0.4) is 0 Å². The van der Waals surface area contributed by atoms with E-state index in [0.29, 0.717) is 0 Å². The summed E-state index contributed by atoms with van der Waals surface area (Å²) in [5.41, 5.74) is 1.22. The zero-order chi connectivity index (χ0) is 12.3. The lowest BCUT2D eigenvalue weighted by Crippen LogP contribution is -2.15. The van der Waals surface area contributed by atoms with E-state index < -0.39 is 0 Å². The Balaban J connectivity index is 1.90. The van der Waals surface area contributed by atoms with Crippen LogP contribution >= 0.6 is 23.4 Å². The largest absolute Gasteiger partial charge is 0.310 e. The van der Waals surface area contributed by atoms with Gasteiger partial charge in [-0.15, -0.1) is 11.8 Å². The Morgan fingerprint density at radius 1 is 1.41 bits per heavy atom. The highest BCUT2D eigenvalue weighted by atomic mass is 35.5. The molecular formula is C14H20ClNS. The van der Waals surface area contributed by atoms with E-state index >= 15 is 0 Å². The Morgan fingerprint density at radius 2 is 2.18 bits per heavy atom. The minimum atomic E-state index is 0.718. The molecule has 0 atom stereocenters. The average Bonchev–Trinajstić information content (AvgIpc) is 3.09. The lowest BCUT2D eigenvalue weighted by molar-refractivity contribution is 0.687. The molecule has 1 aromatic carbocycles. The molecule has 0 spiro atoms. The van der Waals surface area contributed by atoms with Crippen LogP contribution in [-0.2, 0) is 6.54 Å². The minimum Gasteiger partial charge on any atom is -0.310 e. The molecule has 0 aliphatic heterocycles. The number of thioether (sulfide) groups is 1. The molecule has 1 N–H and O–H groups in total. The predicted molar refractivity (Wildman–Crippen MR) is 76.9 cm³/mol. The van der Waals surface area contributed by atoms with Crippen molar-refractivity contribution in [2.24, 2.45) is 5.92 Å². The molecule has 0 heterocycles. The van der Waals surface area contributed by atoms with Gasteiger partial charge < -0.3 is 5.32 Å². The van der Waals surface area contributed by atoms with Crippen LogP contribution in [0, 0.1) is 5.92 Å². The van der Waals surface area contributed by atoms with Crippen LogP contribution < -0.4 is 5.32 Å². The van der Waals surface area contributed by atoms with Crippen molar-refractivity contribution in [3.8, 4) is 0 Å². The molecule has 1 nitrogen and oxygen atoms in total. The van der Waals surface area contributed by atoms with Crippen LogP contribution in [0.1, 0.15) is 32.3 Å². The normalized spacial score (nSPS) is 15.5. The molecule has 1 aliphatic carbocycles. The summed E-state index contributed by atoms with van der Waals surface area (Å²) in [6.07, 6.45) is 2.64. The van der Waals surface area contributed by atoms with Crippen molar-refractivity contribution in [3.63, 3.8) is 0 Å². The van der Waals surface area contributed by atoms with Crippen molar-refractivity contribution in [2.45, 2.75) is 44.2 Å². The van der Waals surface area contributed by atoms with E-state index in [1.165, 1.54) is 23.3 Å². The zero-order valence-corrected chi connectivity index (χ0v) is 12.1. The maximum Gasteiger partial charge on any atom is 0.0462 e. The van der Waals surface area contributed by atoms with Gasteiger partial charge in [-0.25, -0.2) is 0 Å². The van der Waals surface area contributed by atoms with Crippen molar-refractivity contribution < 1.29 is 0 Å². The van der Waals surface area contributed by atoms with Crippen LogP contribution in [0.2, 0.25) is 5.02 Å². The summed E-state index contributed by atoms with van der Waals surface area (Å²) in [6.45, 7) is 5.38. The third-order valence-electron chi connectivity index (χ3n) is 2.77. The highest BCUT2D eigenvalue weighted by Gasteiger charge is 2.20. The van der Waals surface area contributed by atoms with E-state index in [-0.39, 0.29) is 0 Å². The molecule has 1 aromatic rings. The molecule has 1 aliphatic rings. The van der Waals surface area contributed by atoms with Crippen molar-refractivity contribution in [1.29, 1.82) is 0 Å². The molecule has 0 unspecified atom stereocenters. The molecule has 1 fully saturated rings. The van der Waals surface area contributed by atoms with Crippen LogP contribution in [0.15, 0.2) is 23.1 Å². The summed E-state index contributed by atoms with van der Waals surface area (Å²) in [7, 11) is 0. The Labute approximate surface area is 113 Å². The molecule has 1 saturated carbocycles. The van der Waals surface area contributed by atoms with Crippen molar-refractivity contribution in [3.05, 3.63) is 28.8 Å². The second kappa shape index (κ2) is 6.12. The molecular weight excluding hydrogens is 250 g/mol. The predicted octanol–water partition coefficient (Wildman–Crippen LogP) is 4.34. The fourth-order valence-corrected chi connectivity index (χ4v) is 2.77. The topological polar surface area (TPSA) is 12.0 Å². The van der Waals surface area contributed by atoms with Gasteiger partial charge in [0.2, 0.25) is 0 Å². The number of halogens is 1. The van der Waals surface area contributed by atoms with Crippen LogP contribution in [-0.4, -0.2) is 11.8 Å². The third kappa shape index (κ3) is 4.53. The average molecular weight is 270 g/mol. The molecule has 0 saturated heterocycles. The molecule has 3 heteroatoms. The smallest absolute Gasteiger partial charge is 0.0462 e. The summed E-state index contributed by atoms with van der Waals surface area (Å²) >= 11 is 8.18. The number of benzene rings is 1. The first kappa shape index (κ1) is 13.3. The first-order chi connectivity index (χ1) is 8.15. The second-order valence-corrected chi connectivity index (χ2v) is 6.61. The van der Waals surface area contributed by atoms with Gasteiger partial charge in [0.15, 0.2) is 0 Å². The van der Waals surface area contributed by atoms with Gasteiger partial charge in [-0.1, -0.05) is 31.5 Å². The van der Waals surface area contributed by atoms with E-state index in [1.807, 2.05) is 11.8 Å². The van der Waals surface area contributed by atoms with Gasteiger partial charge in [0.25, 0.3) is 0 Å². The highest BCUT2D eigenvalue weighted by molar-refractivity contribution is 7.99. The molecule has 0 radical (unpaired) electrons. The van der Waals surface area contributed by atoms with Gasteiger partial charge in [0.05, 0.1) is 0 Å². The third-order valence-corrected chi connectivity index (χ3v) is 4.54. The molecule has 2 rings (SSSR count). The quantitative estimate of drug-likeness (QED) is 0.771. The first-order valence-electron chi connectivity index (χ1n) is 6.30. The molecule has 0 aromatic heterocycles. The summed E-state index contributed by atoms with van der Waals surface area (Å²) < 4.78 is 0. The fraction of sp³-hybridized carbons (Fsp3) is 0.571. The monoisotopic (exact) mass is 269 g/mol. The van der Waals surface area contributed by atoms with Crippen molar-refractivity contribution >= 4 is 23.4 Å². The molecule has 94 valence electrons. The number of rotatable bonds is 6. The first-order valence-corrected chi connectivity index (χ1v) is 7.66. The molecule has 17 heavy (non-hydrogen) atoms. The van der Waals surface area contributed by atoms with Gasteiger partial charge in [0.1, 0.15) is 0 Å². The molecule has 0 amide bonds. The standard InChI is InChI=1S/C14H20ClNS/c1-10(2)9-17-13-6-3-11(14(15)7-13)8-16-12-4-5-12/h3,6-7,10,12,16H,4-5,8-9H2,1-2H3. The zero-order valence-electron chi connectivity index (χ0n) is 10.5. The van der Waals surface area contributed by atoms with Gasteiger partial charge in [-0.2, -0.15) is 0 Å². The second-order valence-electron chi connectivity index (χ2n) is 5.11. The van der Waals surface area contributed by atoms with E-state index in [2.05, 4.69) is 37.4 Å². The summed E-state index contributed by atoms with van der Waals surface area (Å²) in [4.78, 5) is 1.28. The Kier molecular flexibility index (Phi) is 4.78. The minimum absolute atomic E-state index is 0.718. The number of nitrogens with one attached hydrogen (secondary N) is 1. The van der Waals surface area contributed by atoms with E-state index in [4.69, 9.17) is 11.6 Å². The van der Waals surface area contributed by atoms with Crippen molar-refractivity contribution in [2.75, 3.05) is 5.75 Å². The summed E-state index contributed by atoms with van der Waals surface area (Å²) in [5, 5.41) is 4.39. The van der Waals surface area contributed by atoms with Crippen molar-refractivity contribution in [1.82, 2.24) is 5.32 Å². The molecule has 0 bridgehead atoms. The summed E-state index contributed by atoms with van der Waals surface area (Å²) in [5.74, 6) is 1.87. The van der Waals surface area contributed by atoms with E-state index in [1.54, 1.807) is 0 Å². The highest BCUT2D eigenvalue weighted by Crippen LogP contribution is 2.27. The Hall–Kier alpha value is -0.180. The van der Waals surface area contributed by atoms with E-state index in [9.17, 15) is 0 Å². The summed E-state index contributed by atoms with van der Waals surface area (Å²) in [6, 6.07) is 7.17. The Bertz CT molecular complexity index is 374. The maximum absolute atomic E-state index is 6.30. The number of hydrogen-bond donors (Lipinski definition) is 1. The van der Waals surface area contributed by atoms with Crippen LogP contribution in [0.25, 0.3) is 0 Å². The lowest BCUT2D eigenvalue weighted by Gasteiger charge is -2.09. The van der Waals surface area contributed by atoms with Gasteiger partial charge >= 0.3 is 0 Å². The van der Waals surface area contributed by atoms with Gasteiger partial charge in [0, 0.05) is 28.3 Å². The van der Waals surface area contributed by atoms with E-state index in [0.717, 1.165) is 29.3 Å². The SMILES string of the molecule is CC(C)CSc1ccc(CNC2CC2)c(Cl)c1. The maximum atomic E-state index is 6.30. The Morgan fingerprint density at radius 3 is 2.76 bits per heavy atom. The number of hydrogen-bond acceptors (Lipinski definition) is 2. The fourth-order valence-electron chi connectivity index (χ4n) is 1.57. The van der Waals surface area contributed by atoms with Crippen LogP contribution in [0.4, 0.5) is 0 Å². The van der Waals surface area contributed by atoms with Gasteiger partial charge in [-0.3, -0.25) is 0 Å². The lowest BCUT2D eigenvalue weighted by atomic mass is 10.2. The van der Waals surface area contributed by atoms with Crippen LogP contribution in [0.5, 0.6) is 0 Å². The van der Waals surface area contributed by atoms with Gasteiger partial charge in [-0.05, 0) is 36.5 Å².